The third-order valence-electron chi connectivity index (χ3n) is 3.05. The molecule has 18 heavy (non-hydrogen) atoms. The van der Waals surface area contributed by atoms with Crippen LogP contribution in [0.3, 0.4) is 0 Å². The molecule has 0 atom stereocenters. The Morgan fingerprint density at radius 1 is 0.944 bits per heavy atom. The number of carbonyl (C=O) groups is 1. The number of carboxylic acids is 1. The highest BCUT2D eigenvalue weighted by Crippen LogP contribution is 2.24. The molecular weight excluding hydrogens is 240 g/mol. The zero-order chi connectivity index (χ0) is 12.8. The van der Waals surface area contributed by atoms with E-state index >= 15 is 0 Å². The summed E-state index contributed by atoms with van der Waals surface area (Å²) in [5.41, 5.74) is 2.76. The summed E-state index contributed by atoms with van der Waals surface area (Å²) in [6.45, 7) is 0. The van der Waals surface area contributed by atoms with E-state index < -0.39 is 15.5 Å². The van der Waals surface area contributed by atoms with Gasteiger partial charge in [-0.25, -0.2) is 0 Å². The lowest BCUT2D eigenvalue weighted by Gasteiger charge is -2.16. The van der Waals surface area contributed by atoms with Crippen LogP contribution in [0.2, 0.25) is 6.04 Å². The van der Waals surface area contributed by atoms with Crippen molar-refractivity contribution in [1.82, 2.24) is 0 Å². The Bertz CT molecular complexity index is 457. The molecule has 0 saturated carbocycles. The maximum absolute atomic E-state index is 10.8. The molecule has 2 aromatic rings. The molecule has 0 bridgehead atoms. The number of carboxylic acid groups (broad SMARTS) is 1. The van der Waals surface area contributed by atoms with Crippen molar-refractivity contribution in [1.29, 1.82) is 0 Å². The first-order valence-electron chi connectivity index (χ1n) is 6.09. The van der Waals surface area contributed by atoms with E-state index in [1.807, 2.05) is 36.4 Å². The Morgan fingerprint density at radius 2 is 1.39 bits per heavy atom. The Morgan fingerprint density at radius 3 is 1.78 bits per heavy atom. The van der Waals surface area contributed by atoms with Gasteiger partial charge in [0.1, 0.15) is 0 Å². The second kappa shape index (κ2) is 6.17. The summed E-state index contributed by atoms with van der Waals surface area (Å²) in [7, 11) is -0.718. The quantitative estimate of drug-likeness (QED) is 0.834. The molecule has 3 heteroatoms. The van der Waals surface area contributed by atoms with Gasteiger partial charge in [0.2, 0.25) is 0 Å². The third kappa shape index (κ3) is 3.31. The van der Waals surface area contributed by atoms with Gasteiger partial charge in [-0.3, -0.25) is 4.79 Å². The molecule has 92 valence electrons. The summed E-state index contributed by atoms with van der Waals surface area (Å²) < 4.78 is 0. The lowest BCUT2D eigenvalue weighted by molar-refractivity contribution is -0.134. The van der Waals surface area contributed by atoms with Gasteiger partial charge >= 0.3 is 0 Å². The molecule has 2 nitrogen and oxygen atoms in total. The maximum Gasteiger partial charge on any atom is 0.300 e. The highest BCUT2D eigenvalue weighted by molar-refractivity contribution is 6.43. The monoisotopic (exact) mass is 256 g/mol. The molecule has 2 aromatic carbocycles. The molecule has 0 aliphatic heterocycles. The molecule has 0 saturated heterocycles. The molecule has 0 aliphatic carbocycles. The smallest absolute Gasteiger partial charge is 0.300 e. The van der Waals surface area contributed by atoms with Crippen LogP contribution in [0.25, 0.3) is 0 Å². The normalized spacial score (nSPS) is 11.2. The SMILES string of the molecule is O=C(O)C[SiH2]C(c1ccccc1)c1ccccc1. The van der Waals surface area contributed by atoms with Gasteiger partial charge in [0.25, 0.3) is 5.97 Å². The summed E-state index contributed by atoms with van der Waals surface area (Å²) in [5.74, 6) is -0.682. The second-order valence-electron chi connectivity index (χ2n) is 4.31. The molecule has 0 radical (unpaired) electrons. The van der Waals surface area contributed by atoms with E-state index in [0.717, 1.165) is 0 Å². The van der Waals surface area contributed by atoms with Gasteiger partial charge < -0.3 is 5.11 Å². The summed E-state index contributed by atoms with van der Waals surface area (Å²) >= 11 is 0. The second-order valence-corrected chi connectivity index (χ2v) is 6.20. The van der Waals surface area contributed by atoms with Crippen LogP contribution in [0.5, 0.6) is 0 Å². The molecule has 0 amide bonds. The van der Waals surface area contributed by atoms with E-state index in [2.05, 4.69) is 24.3 Å². The highest BCUT2D eigenvalue weighted by atomic mass is 28.2. The Hall–Kier alpha value is -1.87. The molecule has 2 rings (SSSR count). The molecule has 0 aliphatic rings. The Kier molecular flexibility index (Phi) is 4.31. The zero-order valence-corrected chi connectivity index (χ0v) is 11.5. The van der Waals surface area contributed by atoms with Crippen molar-refractivity contribution < 1.29 is 9.90 Å². The highest BCUT2D eigenvalue weighted by Gasteiger charge is 2.15. The van der Waals surface area contributed by atoms with Crippen LogP contribution in [-0.4, -0.2) is 20.6 Å². The number of hydrogen-bond acceptors (Lipinski definition) is 1. The topological polar surface area (TPSA) is 37.3 Å². The number of aliphatic carboxylic acids is 1. The van der Waals surface area contributed by atoms with Crippen molar-refractivity contribution >= 4 is 15.5 Å². The van der Waals surface area contributed by atoms with Gasteiger partial charge in [0, 0.05) is 15.6 Å². The average molecular weight is 256 g/mol. The minimum absolute atomic E-state index is 0.295. The Balaban J connectivity index is 2.26. The van der Waals surface area contributed by atoms with Crippen molar-refractivity contribution in [3.05, 3.63) is 71.8 Å². The number of hydrogen-bond donors (Lipinski definition) is 1. The van der Waals surface area contributed by atoms with Crippen molar-refractivity contribution in [3.8, 4) is 0 Å². The number of rotatable bonds is 5. The summed E-state index contributed by atoms with van der Waals surface area (Å²) in [6.07, 6.45) is 0. The van der Waals surface area contributed by atoms with Gasteiger partial charge in [-0.1, -0.05) is 60.7 Å². The van der Waals surface area contributed by atoms with Crippen molar-refractivity contribution in [2.24, 2.45) is 0 Å². The summed E-state index contributed by atoms with van der Waals surface area (Å²) in [5, 5.41) is 8.89. The fraction of sp³-hybridized carbons (Fsp3) is 0.133. The van der Waals surface area contributed by atoms with E-state index in [4.69, 9.17) is 5.11 Å². The van der Waals surface area contributed by atoms with Gasteiger partial charge in [-0.2, -0.15) is 0 Å². The fourth-order valence-corrected chi connectivity index (χ4v) is 3.91. The fourth-order valence-electron chi connectivity index (χ4n) is 2.16. The summed E-state index contributed by atoms with van der Waals surface area (Å²) in [4.78, 5) is 10.8. The van der Waals surface area contributed by atoms with Gasteiger partial charge in [-0.05, 0) is 16.7 Å². The van der Waals surface area contributed by atoms with Crippen LogP contribution in [0, 0.1) is 0 Å². The maximum atomic E-state index is 10.8. The van der Waals surface area contributed by atoms with Gasteiger partial charge in [-0.15, -0.1) is 0 Å². The Labute approximate surface area is 109 Å². The lowest BCUT2D eigenvalue weighted by Crippen LogP contribution is -2.13. The van der Waals surface area contributed by atoms with Gasteiger partial charge in [0.05, 0.1) is 0 Å². The van der Waals surface area contributed by atoms with E-state index in [0.29, 0.717) is 11.6 Å². The van der Waals surface area contributed by atoms with Crippen molar-refractivity contribution in [2.75, 3.05) is 0 Å². The van der Waals surface area contributed by atoms with Crippen LogP contribution in [0.1, 0.15) is 16.7 Å². The average Bonchev–Trinajstić information content (AvgIpc) is 2.41. The van der Waals surface area contributed by atoms with Crippen molar-refractivity contribution in [2.45, 2.75) is 11.6 Å². The first-order chi connectivity index (χ1) is 8.77. The zero-order valence-electron chi connectivity index (χ0n) is 10.1. The van der Waals surface area contributed by atoms with Crippen LogP contribution in [-0.2, 0) is 4.79 Å². The molecular formula is C15H16O2Si. The van der Waals surface area contributed by atoms with E-state index in [1.165, 1.54) is 11.1 Å². The molecule has 0 fully saturated rings. The minimum Gasteiger partial charge on any atom is -0.481 e. The molecule has 1 N–H and O–H groups in total. The molecule has 0 heterocycles. The van der Waals surface area contributed by atoms with Crippen LogP contribution in [0.15, 0.2) is 60.7 Å². The van der Waals surface area contributed by atoms with Gasteiger partial charge in [0.15, 0.2) is 0 Å². The third-order valence-corrected chi connectivity index (χ3v) is 5.29. The van der Waals surface area contributed by atoms with Crippen LogP contribution >= 0.6 is 0 Å². The van der Waals surface area contributed by atoms with E-state index in [9.17, 15) is 4.79 Å². The van der Waals surface area contributed by atoms with Crippen LogP contribution in [0.4, 0.5) is 0 Å². The minimum atomic E-state index is -0.718. The first-order valence-corrected chi connectivity index (χ1v) is 7.90. The van der Waals surface area contributed by atoms with Crippen molar-refractivity contribution in [3.63, 3.8) is 0 Å². The summed E-state index contributed by atoms with van der Waals surface area (Å²) in [6, 6.07) is 20.7. The van der Waals surface area contributed by atoms with Crippen LogP contribution < -0.4 is 0 Å². The molecule has 0 aromatic heterocycles. The predicted molar refractivity (Wildman–Crippen MR) is 75.7 cm³/mol. The van der Waals surface area contributed by atoms with E-state index in [1.54, 1.807) is 0 Å². The largest absolute Gasteiger partial charge is 0.481 e. The first kappa shape index (κ1) is 12.6. The molecule has 0 spiro atoms. The standard InChI is InChI=1S/C15H16O2Si/c16-14(17)11-18-15(12-7-3-1-4-8-12)13-9-5-2-6-10-13/h1-10,15H,11,18H2,(H,16,17). The lowest BCUT2D eigenvalue weighted by atomic mass is 10.0. The predicted octanol–water partition coefficient (Wildman–Crippen LogP) is 2.45. The number of benzene rings is 2. The van der Waals surface area contributed by atoms with E-state index in [-0.39, 0.29) is 0 Å². The molecule has 0 unspecified atom stereocenters.